The average Bonchev–Trinajstić information content (AvgIpc) is 3.14. The van der Waals surface area contributed by atoms with Crippen molar-refractivity contribution < 1.29 is 8.42 Å². The van der Waals surface area contributed by atoms with Crippen LogP contribution in [0.2, 0.25) is 0 Å². The topological polar surface area (TPSA) is 67.6 Å². The molecule has 0 unspecified atom stereocenters. The minimum absolute atomic E-state index is 0.186. The van der Waals surface area contributed by atoms with Crippen LogP contribution >= 0.6 is 0 Å². The van der Waals surface area contributed by atoms with Crippen molar-refractivity contribution in [1.82, 2.24) is 14.6 Å². The summed E-state index contributed by atoms with van der Waals surface area (Å²) in [6.45, 7) is 2.24. The van der Waals surface area contributed by atoms with Crippen molar-refractivity contribution >= 4 is 21.4 Å². The summed E-state index contributed by atoms with van der Waals surface area (Å²) in [6.07, 6.45) is 3.03. The molecule has 0 saturated carbocycles. The second kappa shape index (κ2) is 6.85. The van der Waals surface area contributed by atoms with Crippen LogP contribution in [0.4, 0.5) is 5.69 Å². The normalized spacial score (nSPS) is 11.6. The molecule has 6 nitrogen and oxygen atoms in total. The maximum atomic E-state index is 13.5. The Bertz CT molecular complexity index is 1190. The SMILES string of the molecule is Cc1cccc(CN(c2ccccc2)S(=O)(=O)c2ccc3nncn3c2)c1. The highest BCUT2D eigenvalue weighted by Gasteiger charge is 2.25. The van der Waals surface area contributed by atoms with Crippen molar-refractivity contribution in [2.45, 2.75) is 18.4 Å². The Hall–Kier alpha value is -3.19. The van der Waals surface area contributed by atoms with Crippen molar-refractivity contribution in [3.8, 4) is 0 Å². The quantitative estimate of drug-likeness (QED) is 0.534. The number of rotatable bonds is 5. The lowest BCUT2D eigenvalue weighted by molar-refractivity contribution is 0.590. The van der Waals surface area contributed by atoms with Crippen molar-refractivity contribution in [2.75, 3.05) is 4.31 Å². The van der Waals surface area contributed by atoms with E-state index in [1.807, 2.05) is 49.4 Å². The summed E-state index contributed by atoms with van der Waals surface area (Å²) in [6, 6.07) is 20.2. The number of hydrogen-bond donors (Lipinski definition) is 0. The third kappa shape index (κ3) is 3.41. The highest BCUT2D eigenvalue weighted by Crippen LogP contribution is 2.26. The molecule has 0 spiro atoms. The molecule has 0 atom stereocenters. The monoisotopic (exact) mass is 378 g/mol. The van der Waals surface area contributed by atoms with Gasteiger partial charge in [0.25, 0.3) is 10.0 Å². The first kappa shape index (κ1) is 17.2. The molecule has 2 aromatic heterocycles. The summed E-state index contributed by atoms with van der Waals surface area (Å²) in [5, 5.41) is 7.74. The van der Waals surface area contributed by atoms with E-state index in [2.05, 4.69) is 10.2 Å². The van der Waals surface area contributed by atoms with Crippen molar-refractivity contribution in [1.29, 1.82) is 0 Å². The molecule has 136 valence electrons. The van der Waals surface area contributed by atoms with Gasteiger partial charge in [-0.2, -0.15) is 0 Å². The number of fused-ring (bicyclic) bond motifs is 1. The third-order valence-corrected chi connectivity index (χ3v) is 6.06. The molecule has 0 aliphatic heterocycles. The molecule has 0 bridgehead atoms. The highest BCUT2D eigenvalue weighted by molar-refractivity contribution is 7.92. The molecule has 0 fully saturated rings. The summed E-state index contributed by atoms with van der Waals surface area (Å²) in [4.78, 5) is 0.186. The molecular formula is C20H18N4O2S. The zero-order valence-corrected chi connectivity index (χ0v) is 15.5. The Balaban J connectivity index is 1.81. The first-order valence-electron chi connectivity index (χ1n) is 8.47. The fourth-order valence-electron chi connectivity index (χ4n) is 2.97. The van der Waals surface area contributed by atoms with Crippen LogP contribution < -0.4 is 4.31 Å². The molecule has 0 N–H and O–H groups in total. The molecular weight excluding hydrogens is 360 g/mol. The van der Waals surface area contributed by atoms with Crippen LogP contribution in [0.25, 0.3) is 5.65 Å². The van der Waals surface area contributed by atoms with E-state index in [4.69, 9.17) is 0 Å². The summed E-state index contributed by atoms with van der Waals surface area (Å²) >= 11 is 0. The van der Waals surface area contributed by atoms with Crippen LogP contribution in [-0.4, -0.2) is 23.0 Å². The molecule has 4 rings (SSSR count). The first-order chi connectivity index (χ1) is 13.0. The Morgan fingerprint density at radius 2 is 1.81 bits per heavy atom. The van der Waals surface area contributed by atoms with E-state index in [9.17, 15) is 8.42 Å². The number of hydrogen-bond acceptors (Lipinski definition) is 4. The molecule has 27 heavy (non-hydrogen) atoms. The zero-order valence-electron chi connectivity index (χ0n) is 14.7. The highest BCUT2D eigenvalue weighted by atomic mass is 32.2. The van der Waals surface area contributed by atoms with E-state index < -0.39 is 10.0 Å². The lowest BCUT2D eigenvalue weighted by atomic mass is 10.1. The van der Waals surface area contributed by atoms with Crippen LogP contribution in [0.5, 0.6) is 0 Å². The molecule has 2 heterocycles. The van der Waals surface area contributed by atoms with Crippen LogP contribution in [0.3, 0.4) is 0 Å². The molecule has 4 aromatic rings. The molecule has 0 saturated heterocycles. The maximum absolute atomic E-state index is 13.5. The lowest BCUT2D eigenvalue weighted by Crippen LogP contribution is -2.30. The van der Waals surface area contributed by atoms with Crippen molar-refractivity contribution in [3.63, 3.8) is 0 Å². The van der Waals surface area contributed by atoms with Crippen molar-refractivity contribution in [3.05, 3.63) is 90.4 Å². The van der Waals surface area contributed by atoms with Crippen LogP contribution in [-0.2, 0) is 16.6 Å². The van der Waals surface area contributed by atoms with Crippen LogP contribution in [0.1, 0.15) is 11.1 Å². The fraction of sp³-hybridized carbons (Fsp3) is 0.100. The molecule has 0 aliphatic rings. The van der Waals surface area contributed by atoms with Gasteiger partial charge in [-0.15, -0.1) is 10.2 Å². The van der Waals surface area contributed by atoms with Gasteiger partial charge >= 0.3 is 0 Å². The van der Waals surface area contributed by atoms with Gasteiger partial charge in [0, 0.05) is 6.20 Å². The minimum atomic E-state index is -3.78. The predicted molar refractivity (Wildman–Crippen MR) is 104 cm³/mol. The summed E-state index contributed by atoms with van der Waals surface area (Å²) in [5.74, 6) is 0. The Morgan fingerprint density at radius 1 is 1.00 bits per heavy atom. The van der Waals surface area contributed by atoms with E-state index in [0.717, 1.165) is 11.1 Å². The van der Waals surface area contributed by atoms with E-state index in [0.29, 0.717) is 11.3 Å². The maximum Gasteiger partial charge on any atom is 0.266 e. The third-order valence-electron chi connectivity index (χ3n) is 4.30. The second-order valence-electron chi connectivity index (χ2n) is 6.30. The number of aromatic nitrogens is 3. The van der Waals surface area contributed by atoms with E-state index >= 15 is 0 Å². The summed E-state index contributed by atoms with van der Waals surface area (Å²) < 4.78 is 29.9. The number of para-hydroxylation sites is 1. The van der Waals surface area contributed by atoms with Gasteiger partial charge in [0.05, 0.1) is 12.2 Å². The van der Waals surface area contributed by atoms with Gasteiger partial charge in [-0.25, -0.2) is 8.42 Å². The van der Waals surface area contributed by atoms with Gasteiger partial charge in [0.2, 0.25) is 0 Å². The zero-order chi connectivity index (χ0) is 18.9. The summed E-state index contributed by atoms with van der Waals surface area (Å²) in [7, 11) is -3.78. The predicted octanol–water partition coefficient (Wildman–Crippen LogP) is 3.43. The molecule has 0 radical (unpaired) electrons. The molecule has 7 heteroatoms. The second-order valence-corrected chi connectivity index (χ2v) is 8.16. The lowest BCUT2D eigenvalue weighted by Gasteiger charge is -2.25. The first-order valence-corrected chi connectivity index (χ1v) is 9.91. The van der Waals surface area contributed by atoms with Gasteiger partial charge in [-0.1, -0.05) is 48.0 Å². The van der Waals surface area contributed by atoms with E-state index in [1.165, 1.54) is 16.8 Å². The largest absolute Gasteiger partial charge is 0.288 e. The van der Waals surface area contributed by atoms with Gasteiger partial charge in [0.15, 0.2) is 5.65 Å². The summed E-state index contributed by atoms with van der Waals surface area (Å²) in [5.41, 5.74) is 3.22. The van der Waals surface area contributed by atoms with Crippen LogP contribution in [0, 0.1) is 6.92 Å². The molecule has 2 aromatic carbocycles. The van der Waals surface area contributed by atoms with Gasteiger partial charge in [-0.05, 0) is 36.8 Å². The number of aryl methyl sites for hydroxylation is 1. The number of anilines is 1. The van der Waals surface area contributed by atoms with Gasteiger partial charge in [-0.3, -0.25) is 8.71 Å². The smallest absolute Gasteiger partial charge is 0.266 e. The fourth-order valence-corrected chi connectivity index (χ4v) is 4.43. The Kier molecular flexibility index (Phi) is 4.37. The number of pyridine rings is 1. The number of nitrogens with zero attached hydrogens (tertiary/aromatic N) is 4. The standard InChI is InChI=1S/C20H18N4O2S/c1-16-6-5-7-17(12-16)13-24(18-8-3-2-4-9-18)27(25,26)19-10-11-20-22-21-15-23(20)14-19/h2-12,14-15H,13H2,1H3. The Labute approximate surface area is 157 Å². The van der Waals surface area contributed by atoms with E-state index in [-0.39, 0.29) is 11.4 Å². The minimum Gasteiger partial charge on any atom is -0.288 e. The number of sulfonamides is 1. The average molecular weight is 378 g/mol. The molecule has 0 amide bonds. The van der Waals surface area contributed by atoms with Gasteiger partial charge in [0.1, 0.15) is 11.2 Å². The number of benzene rings is 2. The molecule has 0 aliphatic carbocycles. The van der Waals surface area contributed by atoms with E-state index in [1.54, 1.807) is 28.7 Å². The Morgan fingerprint density at radius 3 is 2.59 bits per heavy atom. The van der Waals surface area contributed by atoms with Crippen LogP contribution in [0.15, 0.2) is 84.1 Å². The van der Waals surface area contributed by atoms with Crippen molar-refractivity contribution in [2.24, 2.45) is 0 Å². The van der Waals surface area contributed by atoms with Gasteiger partial charge < -0.3 is 0 Å².